The first-order valence-corrected chi connectivity index (χ1v) is 10.2. The van der Waals surface area contributed by atoms with Gasteiger partial charge in [0.05, 0.1) is 5.69 Å². The second kappa shape index (κ2) is 7.88. The zero-order valence-corrected chi connectivity index (χ0v) is 17.6. The standard InChI is InChI=1S/C20H19BrN2O3S/c1-20(2,3)26-18(24)10-9-14-13-16-17(21)11-12-22-19(16)23(14)27(25)15-7-5-4-6-8-15/h4-13H,1-3H3/b10-9+. The molecule has 0 N–H and O–H groups in total. The van der Waals surface area contributed by atoms with E-state index in [1.807, 2.05) is 30.3 Å². The Bertz CT molecular complexity index is 994. The highest BCUT2D eigenvalue weighted by atomic mass is 79.9. The van der Waals surface area contributed by atoms with Crippen molar-refractivity contribution >= 4 is 50.4 Å². The summed E-state index contributed by atoms with van der Waals surface area (Å²) in [7, 11) is 0. The van der Waals surface area contributed by atoms with Gasteiger partial charge in [0.15, 0.2) is 10.5 Å². The lowest BCUT2D eigenvalue weighted by Gasteiger charge is -2.18. The number of hydrogen-bond donors (Lipinski definition) is 0. The van der Waals surface area contributed by atoms with Gasteiger partial charge >= 0.3 is 5.97 Å². The fraction of sp³-hybridized carbons (Fsp3) is 0.200. The van der Waals surface area contributed by atoms with E-state index in [-0.39, 0.29) is 0 Å². The van der Waals surface area contributed by atoms with Crippen molar-refractivity contribution in [1.29, 1.82) is 0 Å². The number of benzene rings is 1. The maximum absolute atomic E-state index is 13.2. The first-order chi connectivity index (χ1) is 12.8. The summed E-state index contributed by atoms with van der Waals surface area (Å²) < 4.78 is 20.9. The molecule has 27 heavy (non-hydrogen) atoms. The quantitative estimate of drug-likeness (QED) is 0.330. The highest BCUT2D eigenvalue weighted by Crippen LogP contribution is 2.29. The molecule has 3 aromatic rings. The Labute approximate surface area is 169 Å². The van der Waals surface area contributed by atoms with Crippen LogP contribution in [0, 0.1) is 0 Å². The molecule has 0 saturated carbocycles. The molecule has 0 aliphatic rings. The van der Waals surface area contributed by atoms with E-state index in [1.165, 1.54) is 6.08 Å². The average Bonchev–Trinajstić information content (AvgIpc) is 2.98. The van der Waals surface area contributed by atoms with E-state index in [4.69, 9.17) is 4.74 Å². The fourth-order valence-corrected chi connectivity index (χ4v) is 4.10. The SMILES string of the molecule is CC(C)(C)OC(=O)/C=C/c1cc2c(Br)ccnc2n1[S+]([O-])c1ccccc1. The van der Waals surface area contributed by atoms with Gasteiger partial charge in [0.25, 0.3) is 0 Å². The van der Waals surface area contributed by atoms with Gasteiger partial charge in [0, 0.05) is 22.1 Å². The number of carbonyl (C=O) groups is 1. The Hall–Kier alpha value is -2.09. The average molecular weight is 447 g/mol. The maximum atomic E-state index is 13.2. The Morgan fingerprint density at radius 2 is 1.96 bits per heavy atom. The molecular weight excluding hydrogens is 428 g/mol. The number of fused-ring (bicyclic) bond motifs is 1. The third-order valence-electron chi connectivity index (χ3n) is 3.54. The zero-order valence-electron chi connectivity index (χ0n) is 15.2. The summed E-state index contributed by atoms with van der Waals surface area (Å²) in [5.74, 6) is -0.461. The predicted molar refractivity (Wildman–Crippen MR) is 111 cm³/mol. The Morgan fingerprint density at radius 3 is 2.63 bits per heavy atom. The number of hydrogen-bond acceptors (Lipinski definition) is 4. The van der Waals surface area contributed by atoms with Gasteiger partial charge in [-0.25, -0.2) is 9.78 Å². The normalized spacial score (nSPS) is 13.2. The van der Waals surface area contributed by atoms with Crippen molar-refractivity contribution < 1.29 is 14.1 Å². The first kappa shape index (κ1) is 19.7. The topological polar surface area (TPSA) is 67.2 Å². The molecule has 3 rings (SSSR count). The second-order valence-corrected chi connectivity index (χ2v) is 9.01. The van der Waals surface area contributed by atoms with Gasteiger partial charge in [-0.3, -0.25) is 0 Å². The van der Waals surface area contributed by atoms with Crippen LogP contribution >= 0.6 is 15.9 Å². The third kappa shape index (κ3) is 4.61. The first-order valence-electron chi connectivity index (χ1n) is 8.30. The van der Waals surface area contributed by atoms with Crippen LogP contribution in [0.5, 0.6) is 0 Å². The molecule has 0 saturated heterocycles. The molecule has 0 radical (unpaired) electrons. The Balaban J connectivity index is 2.07. The molecule has 0 aliphatic heterocycles. The number of carbonyl (C=O) groups excluding carboxylic acids is 1. The van der Waals surface area contributed by atoms with Gasteiger partial charge in [-0.1, -0.05) is 18.2 Å². The lowest BCUT2D eigenvalue weighted by molar-refractivity contribution is -0.148. The number of rotatable bonds is 4. The summed E-state index contributed by atoms with van der Waals surface area (Å²) in [6.07, 6.45) is 4.58. The van der Waals surface area contributed by atoms with Crippen molar-refractivity contribution in [2.75, 3.05) is 0 Å². The van der Waals surface area contributed by atoms with E-state index in [9.17, 15) is 9.35 Å². The molecule has 0 aliphatic carbocycles. The van der Waals surface area contributed by atoms with E-state index >= 15 is 0 Å². The Morgan fingerprint density at radius 1 is 1.26 bits per heavy atom. The predicted octanol–water partition coefficient (Wildman–Crippen LogP) is 4.72. The van der Waals surface area contributed by atoms with Crippen LogP contribution in [0.2, 0.25) is 0 Å². The minimum absolute atomic E-state index is 0.461. The molecule has 1 atom stereocenters. The number of pyridine rings is 1. The minimum atomic E-state index is -1.51. The number of ether oxygens (including phenoxy) is 1. The number of nitrogens with zero attached hydrogens (tertiary/aromatic N) is 2. The fourth-order valence-electron chi connectivity index (χ4n) is 2.49. The molecule has 2 aromatic heterocycles. The summed E-state index contributed by atoms with van der Waals surface area (Å²) in [5.41, 5.74) is 0.582. The van der Waals surface area contributed by atoms with Crippen LogP contribution < -0.4 is 0 Å². The van der Waals surface area contributed by atoms with Crippen LogP contribution in [0.4, 0.5) is 0 Å². The molecule has 2 heterocycles. The van der Waals surface area contributed by atoms with Crippen LogP contribution in [-0.4, -0.2) is 25.1 Å². The van der Waals surface area contributed by atoms with Crippen molar-refractivity contribution in [3.63, 3.8) is 0 Å². The van der Waals surface area contributed by atoms with Crippen molar-refractivity contribution in [3.05, 3.63) is 64.9 Å². The smallest absolute Gasteiger partial charge is 0.331 e. The molecule has 7 heteroatoms. The van der Waals surface area contributed by atoms with Crippen LogP contribution in [0.25, 0.3) is 17.1 Å². The van der Waals surface area contributed by atoms with Gasteiger partial charge in [-0.2, -0.15) is 0 Å². The summed E-state index contributed by atoms with van der Waals surface area (Å²) in [6.45, 7) is 5.42. The monoisotopic (exact) mass is 446 g/mol. The molecule has 0 fully saturated rings. The van der Waals surface area contributed by atoms with Gasteiger partial charge in [-0.05, 0) is 67.0 Å². The number of aromatic nitrogens is 2. The lowest BCUT2D eigenvalue weighted by Crippen LogP contribution is -2.22. The van der Waals surface area contributed by atoms with E-state index in [0.717, 1.165) is 9.86 Å². The molecular formula is C20H19BrN2O3S. The van der Waals surface area contributed by atoms with Crippen molar-refractivity contribution in [1.82, 2.24) is 8.96 Å². The van der Waals surface area contributed by atoms with E-state index in [1.54, 1.807) is 49.1 Å². The zero-order chi connectivity index (χ0) is 19.6. The van der Waals surface area contributed by atoms with Crippen LogP contribution in [0.15, 0.2) is 64.1 Å². The number of esters is 1. The summed E-state index contributed by atoms with van der Waals surface area (Å²) in [5, 5.41) is 0.811. The van der Waals surface area contributed by atoms with Crippen molar-refractivity contribution in [2.45, 2.75) is 31.3 Å². The molecule has 5 nitrogen and oxygen atoms in total. The van der Waals surface area contributed by atoms with Crippen molar-refractivity contribution in [3.8, 4) is 0 Å². The molecule has 0 spiro atoms. The van der Waals surface area contributed by atoms with Crippen molar-refractivity contribution in [2.24, 2.45) is 0 Å². The highest BCUT2D eigenvalue weighted by molar-refractivity contribution is 9.10. The molecule has 1 aromatic carbocycles. The maximum Gasteiger partial charge on any atom is 0.331 e. The van der Waals surface area contributed by atoms with E-state index in [0.29, 0.717) is 16.2 Å². The van der Waals surface area contributed by atoms with Gasteiger partial charge < -0.3 is 9.29 Å². The summed E-state index contributed by atoms with van der Waals surface area (Å²) in [4.78, 5) is 17.1. The van der Waals surface area contributed by atoms with E-state index < -0.39 is 22.9 Å². The highest BCUT2D eigenvalue weighted by Gasteiger charge is 2.23. The van der Waals surface area contributed by atoms with E-state index in [2.05, 4.69) is 20.9 Å². The van der Waals surface area contributed by atoms with Gasteiger partial charge in [0.1, 0.15) is 17.0 Å². The lowest BCUT2D eigenvalue weighted by atomic mass is 10.2. The molecule has 0 amide bonds. The largest absolute Gasteiger partial charge is 0.587 e. The van der Waals surface area contributed by atoms with Gasteiger partial charge in [0.2, 0.25) is 0 Å². The summed E-state index contributed by atoms with van der Waals surface area (Å²) >= 11 is 1.99. The van der Waals surface area contributed by atoms with Gasteiger partial charge in [-0.15, -0.1) is 3.97 Å². The molecule has 140 valence electrons. The summed E-state index contributed by atoms with van der Waals surface area (Å²) in [6, 6.07) is 12.8. The number of halogens is 1. The van der Waals surface area contributed by atoms with Crippen LogP contribution in [-0.2, 0) is 20.9 Å². The minimum Gasteiger partial charge on any atom is -0.587 e. The van der Waals surface area contributed by atoms with Crippen LogP contribution in [0.1, 0.15) is 26.5 Å². The van der Waals surface area contributed by atoms with Crippen LogP contribution in [0.3, 0.4) is 0 Å². The third-order valence-corrected chi connectivity index (χ3v) is 5.62. The Kier molecular flexibility index (Phi) is 5.74. The molecule has 0 bridgehead atoms. The second-order valence-electron chi connectivity index (χ2n) is 6.82. The molecule has 1 unspecified atom stereocenters.